The number of aromatic nitrogens is 2. The second kappa shape index (κ2) is 18.1. The Balaban J connectivity index is 0.00000228. The quantitative estimate of drug-likeness (QED) is 0.102. The first-order valence-corrected chi connectivity index (χ1v) is 13.6. The molecule has 0 bridgehead atoms. The molecular weight excluding hydrogens is 666 g/mol. The molecule has 0 fully saturated rings. The lowest BCUT2D eigenvalue weighted by atomic mass is 10.0. The summed E-state index contributed by atoms with van der Waals surface area (Å²) in [4.78, 5) is 0. The lowest BCUT2D eigenvalue weighted by Crippen LogP contribution is -3.00. The molecular formula is C32H42I2N2. The third kappa shape index (κ3) is 10.6. The van der Waals surface area contributed by atoms with E-state index < -0.39 is 0 Å². The van der Waals surface area contributed by atoms with Gasteiger partial charge in [0.2, 0.25) is 0 Å². The molecule has 194 valence electrons. The molecule has 2 nitrogen and oxygen atoms in total. The molecule has 4 rings (SSSR count). The summed E-state index contributed by atoms with van der Waals surface area (Å²) in [5.41, 5.74) is 0. The molecule has 0 amide bonds. The van der Waals surface area contributed by atoms with E-state index >= 15 is 0 Å². The number of halogens is 2. The highest BCUT2D eigenvalue weighted by molar-refractivity contribution is 5.80. The van der Waals surface area contributed by atoms with E-state index in [9.17, 15) is 0 Å². The Kier molecular flexibility index (Phi) is 15.5. The zero-order valence-electron chi connectivity index (χ0n) is 21.6. The Morgan fingerprint density at radius 2 is 0.667 bits per heavy atom. The Labute approximate surface area is 252 Å². The van der Waals surface area contributed by atoms with E-state index in [4.69, 9.17) is 0 Å². The van der Waals surface area contributed by atoms with Crippen LogP contribution in [0, 0.1) is 0 Å². The second-order valence-electron chi connectivity index (χ2n) is 9.87. The van der Waals surface area contributed by atoms with Crippen LogP contribution in [0.25, 0.3) is 21.5 Å². The maximum atomic E-state index is 2.35. The van der Waals surface area contributed by atoms with Crippen LogP contribution in [0.2, 0.25) is 0 Å². The smallest absolute Gasteiger partial charge is 0.176 e. The molecule has 0 radical (unpaired) electrons. The molecule has 4 aromatic rings. The van der Waals surface area contributed by atoms with Gasteiger partial charge in [0, 0.05) is 35.7 Å². The predicted octanol–water partition coefficient (Wildman–Crippen LogP) is 1.96. The van der Waals surface area contributed by atoms with Crippen LogP contribution >= 0.6 is 0 Å². The van der Waals surface area contributed by atoms with E-state index in [-0.39, 0.29) is 48.0 Å². The number of unbranched alkanes of at least 4 members (excludes halogenated alkanes) is 11. The molecule has 0 saturated carbocycles. The third-order valence-corrected chi connectivity index (χ3v) is 7.08. The molecule has 2 aromatic heterocycles. The zero-order valence-corrected chi connectivity index (χ0v) is 25.9. The molecule has 0 unspecified atom stereocenters. The summed E-state index contributed by atoms with van der Waals surface area (Å²) in [5, 5.41) is 5.35. The van der Waals surface area contributed by atoms with Crippen LogP contribution in [0.4, 0.5) is 0 Å². The number of hydrogen-bond donors (Lipinski definition) is 0. The fourth-order valence-electron chi connectivity index (χ4n) is 4.99. The number of pyridine rings is 2. The maximum Gasteiger partial charge on any atom is 0.176 e. The number of fused-ring (bicyclic) bond motifs is 2. The lowest BCUT2D eigenvalue weighted by Gasteiger charge is -2.03. The van der Waals surface area contributed by atoms with Crippen LogP contribution in [-0.4, -0.2) is 0 Å². The second-order valence-corrected chi connectivity index (χ2v) is 9.87. The van der Waals surface area contributed by atoms with Crippen LogP contribution < -0.4 is 57.1 Å². The van der Waals surface area contributed by atoms with Crippen molar-refractivity contribution in [3.8, 4) is 0 Å². The van der Waals surface area contributed by atoms with E-state index in [2.05, 4.69) is 94.6 Å². The monoisotopic (exact) mass is 708 g/mol. The van der Waals surface area contributed by atoms with Crippen molar-refractivity contribution < 1.29 is 57.1 Å². The Bertz CT molecular complexity index is 1050. The van der Waals surface area contributed by atoms with Crippen molar-refractivity contribution in [2.24, 2.45) is 0 Å². The maximum absolute atomic E-state index is 2.35. The average molecular weight is 709 g/mol. The minimum Gasteiger partial charge on any atom is -1.00 e. The van der Waals surface area contributed by atoms with Crippen molar-refractivity contribution in [1.29, 1.82) is 0 Å². The van der Waals surface area contributed by atoms with E-state index in [0.29, 0.717) is 0 Å². The van der Waals surface area contributed by atoms with Gasteiger partial charge < -0.3 is 48.0 Å². The normalized spacial score (nSPS) is 10.8. The molecule has 0 spiro atoms. The number of rotatable bonds is 15. The summed E-state index contributed by atoms with van der Waals surface area (Å²) in [6, 6.07) is 21.7. The van der Waals surface area contributed by atoms with Gasteiger partial charge in [0.15, 0.2) is 24.8 Å². The van der Waals surface area contributed by atoms with Crippen LogP contribution in [0.5, 0.6) is 0 Å². The highest BCUT2D eigenvalue weighted by Crippen LogP contribution is 2.13. The van der Waals surface area contributed by atoms with Crippen molar-refractivity contribution in [3.63, 3.8) is 0 Å². The fourth-order valence-corrected chi connectivity index (χ4v) is 4.99. The molecule has 2 heterocycles. The fraction of sp³-hybridized carbons (Fsp3) is 0.438. The van der Waals surface area contributed by atoms with Gasteiger partial charge in [-0.15, -0.1) is 0 Å². The summed E-state index contributed by atoms with van der Waals surface area (Å²) in [5.74, 6) is 0. The summed E-state index contributed by atoms with van der Waals surface area (Å²) >= 11 is 0. The van der Waals surface area contributed by atoms with Crippen molar-refractivity contribution >= 4 is 21.5 Å². The summed E-state index contributed by atoms with van der Waals surface area (Å²) in [6.45, 7) is 2.29. The van der Waals surface area contributed by atoms with Gasteiger partial charge in [0.1, 0.15) is 13.1 Å². The Morgan fingerprint density at radius 3 is 1.03 bits per heavy atom. The Hall–Kier alpha value is -1.28. The van der Waals surface area contributed by atoms with Crippen LogP contribution in [-0.2, 0) is 13.1 Å². The SMILES string of the molecule is [I-].[I-].c1ccc2c[n+](CCCCCCCCCCCCCC[n+]3ccc4ccccc4c3)ccc2c1. The molecule has 0 aliphatic rings. The number of aryl methyl sites for hydroxylation is 2. The molecule has 36 heavy (non-hydrogen) atoms. The molecule has 4 heteroatoms. The molecule has 0 N–H and O–H groups in total. The molecule has 0 aliphatic heterocycles. The van der Waals surface area contributed by atoms with Crippen molar-refractivity contribution in [1.82, 2.24) is 0 Å². The standard InChI is InChI=1S/C32H42N2.2HI/c1(3-5-7-9-15-23-33-25-21-29-17-11-13-19-31(29)27-33)2-4-6-8-10-16-24-34-26-22-30-18-12-14-20-32(30)28-34;;/h11-14,17-22,25-28H,1-10,15-16,23-24H2;2*1H/q+2;;/p-2. The number of hydrogen-bond acceptors (Lipinski definition) is 0. The van der Waals surface area contributed by atoms with Gasteiger partial charge >= 0.3 is 0 Å². The van der Waals surface area contributed by atoms with E-state index in [1.54, 1.807) is 0 Å². The number of nitrogens with zero attached hydrogens (tertiary/aromatic N) is 2. The van der Waals surface area contributed by atoms with Crippen molar-refractivity contribution in [2.45, 2.75) is 90.1 Å². The minimum atomic E-state index is 0. The first-order chi connectivity index (χ1) is 16.9. The molecule has 0 aliphatic carbocycles. The average Bonchev–Trinajstić information content (AvgIpc) is 2.88. The summed E-state index contributed by atoms with van der Waals surface area (Å²) in [7, 11) is 0. The van der Waals surface area contributed by atoms with Gasteiger partial charge in [-0.05, 0) is 35.7 Å². The topological polar surface area (TPSA) is 7.76 Å². The highest BCUT2D eigenvalue weighted by Gasteiger charge is 2.04. The van der Waals surface area contributed by atoms with Crippen molar-refractivity contribution in [2.75, 3.05) is 0 Å². The van der Waals surface area contributed by atoms with Gasteiger partial charge in [-0.25, -0.2) is 9.13 Å². The van der Waals surface area contributed by atoms with E-state index in [1.807, 2.05) is 0 Å². The van der Waals surface area contributed by atoms with Gasteiger partial charge in [0.05, 0.1) is 0 Å². The largest absolute Gasteiger partial charge is 1.00 e. The van der Waals surface area contributed by atoms with Gasteiger partial charge in [0.25, 0.3) is 0 Å². The number of benzene rings is 2. The van der Waals surface area contributed by atoms with E-state index in [1.165, 1.54) is 98.6 Å². The third-order valence-electron chi connectivity index (χ3n) is 7.08. The first-order valence-electron chi connectivity index (χ1n) is 13.6. The van der Waals surface area contributed by atoms with Crippen LogP contribution in [0.1, 0.15) is 77.0 Å². The molecule has 0 saturated heterocycles. The van der Waals surface area contributed by atoms with Gasteiger partial charge in [-0.1, -0.05) is 87.8 Å². The summed E-state index contributed by atoms with van der Waals surface area (Å²) < 4.78 is 4.70. The lowest BCUT2D eigenvalue weighted by molar-refractivity contribution is -0.696. The summed E-state index contributed by atoms with van der Waals surface area (Å²) in [6.07, 6.45) is 25.6. The minimum absolute atomic E-state index is 0. The van der Waals surface area contributed by atoms with E-state index in [0.717, 1.165) is 13.1 Å². The van der Waals surface area contributed by atoms with Gasteiger partial charge in [-0.2, -0.15) is 0 Å². The molecule has 0 atom stereocenters. The Morgan fingerprint density at radius 1 is 0.361 bits per heavy atom. The predicted molar refractivity (Wildman–Crippen MR) is 144 cm³/mol. The van der Waals surface area contributed by atoms with Crippen molar-refractivity contribution in [3.05, 3.63) is 85.5 Å². The van der Waals surface area contributed by atoms with Gasteiger partial charge in [-0.3, -0.25) is 0 Å². The zero-order chi connectivity index (χ0) is 23.3. The van der Waals surface area contributed by atoms with Crippen LogP contribution in [0.15, 0.2) is 85.5 Å². The van der Waals surface area contributed by atoms with Crippen LogP contribution in [0.3, 0.4) is 0 Å². The first kappa shape index (κ1) is 30.9. The molecule has 2 aromatic carbocycles. The highest BCUT2D eigenvalue weighted by atomic mass is 127.